The molecule has 2 amide bonds. The number of hydrogen-bond acceptors (Lipinski definition) is 8. The Bertz CT molecular complexity index is 489. The van der Waals surface area contributed by atoms with E-state index in [4.69, 9.17) is 18.5 Å². The summed E-state index contributed by atoms with van der Waals surface area (Å²) in [6.07, 6.45) is -2.38. The quantitative estimate of drug-likeness (QED) is 0.451. The summed E-state index contributed by atoms with van der Waals surface area (Å²) < 4.78 is 32.6. The van der Waals surface area contributed by atoms with Crippen molar-refractivity contribution in [2.75, 3.05) is 32.6 Å². The van der Waals surface area contributed by atoms with Gasteiger partial charge in [0.25, 0.3) is 0 Å². The third-order valence-electron chi connectivity index (χ3n) is 2.78. The highest BCUT2D eigenvalue weighted by Gasteiger charge is 2.38. The van der Waals surface area contributed by atoms with Crippen LogP contribution in [-0.2, 0) is 27.9 Å². The number of nitrogens with zero attached hydrogens (tertiary/aromatic N) is 1. The molecule has 25 heavy (non-hydrogen) atoms. The molecule has 0 heterocycles. The zero-order valence-corrected chi connectivity index (χ0v) is 16.2. The van der Waals surface area contributed by atoms with E-state index in [1.165, 1.54) is 6.92 Å². The van der Waals surface area contributed by atoms with Crippen LogP contribution >= 0.6 is 7.60 Å². The van der Waals surface area contributed by atoms with E-state index in [2.05, 4.69) is 5.43 Å². The molecule has 0 aliphatic rings. The third-order valence-corrected chi connectivity index (χ3v) is 4.88. The van der Waals surface area contributed by atoms with Crippen LogP contribution in [0.1, 0.15) is 34.6 Å². The first-order valence-electron chi connectivity index (χ1n) is 8.02. The molecule has 0 aliphatic heterocycles. The second-order valence-electron chi connectivity index (χ2n) is 4.66. The normalized spacial score (nSPS) is 12.2. The number of carbonyl (C=O) groups excluding carboxylic acids is 3. The molecule has 0 bridgehead atoms. The molecule has 1 atom stereocenters. The monoisotopic (exact) mass is 382 g/mol. The third kappa shape index (κ3) is 8.33. The summed E-state index contributed by atoms with van der Waals surface area (Å²) in [5.41, 5.74) is 2.14. The van der Waals surface area contributed by atoms with Crippen molar-refractivity contribution in [3.63, 3.8) is 0 Å². The molecule has 10 nitrogen and oxygen atoms in total. The van der Waals surface area contributed by atoms with E-state index in [9.17, 15) is 18.9 Å². The Morgan fingerprint density at radius 2 is 1.48 bits per heavy atom. The molecule has 1 unspecified atom stereocenters. The molecule has 0 aromatic rings. The molecule has 0 spiro atoms. The second kappa shape index (κ2) is 11.8. The van der Waals surface area contributed by atoms with Gasteiger partial charge in [-0.1, -0.05) is 0 Å². The summed E-state index contributed by atoms with van der Waals surface area (Å²) in [5, 5.41) is 0.647. The van der Waals surface area contributed by atoms with Gasteiger partial charge in [0.1, 0.15) is 6.04 Å². The van der Waals surface area contributed by atoms with Gasteiger partial charge in [0.05, 0.1) is 32.6 Å². The van der Waals surface area contributed by atoms with Gasteiger partial charge in [-0.2, -0.15) is 0 Å². The summed E-state index contributed by atoms with van der Waals surface area (Å²) in [5.74, 6) is -0.538. The van der Waals surface area contributed by atoms with Gasteiger partial charge >= 0.3 is 19.8 Å². The van der Waals surface area contributed by atoms with Gasteiger partial charge in [0.15, 0.2) is 5.78 Å². The molecule has 0 saturated carbocycles. The Balaban J connectivity index is 5.58. The van der Waals surface area contributed by atoms with Crippen molar-refractivity contribution in [3.8, 4) is 0 Å². The second-order valence-corrected chi connectivity index (χ2v) is 6.76. The van der Waals surface area contributed by atoms with Crippen LogP contribution in [0.4, 0.5) is 9.59 Å². The lowest BCUT2D eigenvalue weighted by Crippen LogP contribution is -2.56. The minimum absolute atomic E-state index is 0.0129. The van der Waals surface area contributed by atoms with Crippen LogP contribution in [0.5, 0.6) is 0 Å². The first kappa shape index (κ1) is 23.4. The number of rotatable bonds is 10. The SMILES string of the molecule is CCOC(=O)NN(C(=O)OCC)C(CP(=O)(OCC)OCC)C(C)=O. The van der Waals surface area contributed by atoms with Crippen LogP contribution in [-0.4, -0.2) is 61.6 Å². The highest BCUT2D eigenvalue weighted by atomic mass is 31.2. The van der Waals surface area contributed by atoms with Crippen LogP contribution in [0, 0.1) is 0 Å². The maximum atomic E-state index is 12.7. The highest BCUT2D eigenvalue weighted by molar-refractivity contribution is 7.54. The Morgan fingerprint density at radius 3 is 1.88 bits per heavy atom. The van der Waals surface area contributed by atoms with Crippen molar-refractivity contribution in [3.05, 3.63) is 0 Å². The summed E-state index contributed by atoms with van der Waals surface area (Å²) in [4.78, 5) is 35.9. The number of ether oxygens (including phenoxy) is 2. The standard InChI is InChI=1S/C14H27N2O8P/c1-6-21-13(18)15-16(14(19)22-7-2)12(11(5)17)10-25(20,23-8-3)24-9-4/h12H,6-10H2,1-5H3,(H,15,18). The molecule has 0 aromatic heterocycles. The Morgan fingerprint density at radius 1 is 0.960 bits per heavy atom. The summed E-state index contributed by atoms with van der Waals surface area (Å²) in [7, 11) is -3.66. The molecule has 1 N–H and O–H groups in total. The number of carbonyl (C=O) groups is 3. The van der Waals surface area contributed by atoms with Crippen LogP contribution in [0.2, 0.25) is 0 Å². The van der Waals surface area contributed by atoms with E-state index in [1.807, 2.05) is 0 Å². The summed E-state index contributed by atoms with van der Waals surface area (Å²) in [6, 6.07) is -1.31. The fourth-order valence-corrected chi connectivity index (χ4v) is 3.76. The zero-order chi connectivity index (χ0) is 19.5. The summed E-state index contributed by atoms with van der Waals surface area (Å²) >= 11 is 0. The van der Waals surface area contributed by atoms with Gasteiger partial charge in [0.2, 0.25) is 0 Å². The first-order valence-corrected chi connectivity index (χ1v) is 9.75. The van der Waals surface area contributed by atoms with E-state index >= 15 is 0 Å². The van der Waals surface area contributed by atoms with Crippen LogP contribution in [0.25, 0.3) is 0 Å². The van der Waals surface area contributed by atoms with Crippen molar-refractivity contribution in [1.29, 1.82) is 0 Å². The molecular weight excluding hydrogens is 355 g/mol. The highest BCUT2D eigenvalue weighted by Crippen LogP contribution is 2.49. The molecule has 0 saturated heterocycles. The van der Waals surface area contributed by atoms with E-state index < -0.39 is 37.8 Å². The number of hydrazine groups is 1. The van der Waals surface area contributed by atoms with Gasteiger partial charge in [-0.25, -0.2) is 20.0 Å². The Hall–Kier alpha value is -1.64. The van der Waals surface area contributed by atoms with Crippen LogP contribution in [0.15, 0.2) is 0 Å². The van der Waals surface area contributed by atoms with E-state index in [0.717, 1.165) is 0 Å². The zero-order valence-electron chi connectivity index (χ0n) is 15.3. The number of Topliss-reactive ketones (excluding diaryl/α,β-unsaturated/α-hetero) is 1. The lowest BCUT2D eigenvalue weighted by Gasteiger charge is -2.30. The van der Waals surface area contributed by atoms with E-state index in [0.29, 0.717) is 5.01 Å². The van der Waals surface area contributed by atoms with Crippen molar-refractivity contribution < 1.29 is 37.5 Å². The fourth-order valence-electron chi connectivity index (χ4n) is 1.85. The van der Waals surface area contributed by atoms with Crippen molar-refractivity contribution >= 4 is 25.6 Å². The molecule has 0 radical (unpaired) electrons. The van der Waals surface area contributed by atoms with Gasteiger partial charge in [-0.05, 0) is 34.6 Å². The van der Waals surface area contributed by atoms with E-state index in [1.54, 1.807) is 27.7 Å². The van der Waals surface area contributed by atoms with Gasteiger partial charge in [-0.15, -0.1) is 0 Å². The molecule has 0 fully saturated rings. The van der Waals surface area contributed by atoms with Crippen LogP contribution < -0.4 is 5.43 Å². The smallest absolute Gasteiger partial charge is 0.429 e. The molecule has 11 heteroatoms. The number of nitrogens with one attached hydrogen (secondary N) is 1. The Labute approximate surface area is 147 Å². The summed E-state index contributed by atoms with van der Waals surface area (Å²) in [6.45, 7) is 7.82. The average Bonchev–Trinajstić information content (AvgIpc) is 2.51. The van der Waals surface area contributed by atoms with Crippen molar-refractivity contribution in [2.24, 2.45) is 0 Å². The average molecular weight is 382 g/mol. The number of hydrogen-bond donors (Lipinski definition) is 1. The predicted molar refractivity (Wildman–Crippen MR) is 89.2 cm³/mol. The molecular formula is C14H27N2O8P. The van der Waals surface area contributed by atoms with Crippen molar-refractivity contribution in [1.82, 2.24) is 10.4 Å². The maximum Gasteiger partial charge on any atom is 0.429 e. The number of ketones is 1. The van der Waals surface area contributed by atoms with Crippen LogP contribution in [0.3, 0.4) is 0 Å². The molecule has 0 rings (SSSR count). The topological polar surface area (TPSA) is 120 Å². The van der Waals surface area contributed by atoms with Crippen molar-refractivity contribution in [2.45, 2.75) is 40.7 Å². The van der Waals surface area contributed by atoms with E-state index in [-0.39, 0.29) is 26.4 Å². The first-order chi connectivity index (χ1) is 11.7. The minimum atomic E-state index is -3.66. The molecule has 146 valence electrons. The number of amides is 2. The van der Waals surface area contributed by atoms with Gasteiger partial charge < -0.3 is 18.5 Å². The lowest BCUT2D eigenvalue weighted by molar-refractivity contribution is -0.122. The fraction of sp³-hybridized carbons (Fsp3) is 0.786. The largest absolute Gasteiger partial charge is 0.449 e. The predicted octanol–water partition coefficient (Wildman–Crippen LogP) is 2.33. The Kier molecular flexibility index (Phi) is 11.1. The molecule has 0 aromatic carbocycles. The maximum absolute atomic E-state index is 12.7. The van der Waals surface area contributed by atoms with Gasteiger partial charge in [0, 0.05) is 0 Å². The van der Waals surface area contributed by atoms with Gasteiger partial charge in [-0.3, -0.25) is 9.36 Å². The lowest BCUT2D eigenvalue weighted by atomic mass is 10.2. The minimum Gasteiger partial charge on any atom is -0.449 e. The molecule has 0 aliphatic carbocycles.